The number of aromatic nitrogens is 5. The Bertz CT molecular complexity index is 2020. The minimum absolute atomic E-state index is 0.0111. The molecule has 1 saturated carbocycles. The van der Waals surface area contributed by atoms with Crippen molar-refractivity contribution in [3.8, 4) is 11.1 Å². The summed E-state index contributed by atoms with van der Waals surface area (Å²) in [5.41, 5.74) is 6.00. The fourth-order valence-electron chi connectivity index (χ4n) is 6.88. The van der Waals surface area contributed by atoms with Gasteiger partial charge in [0.25, 0.3) is 11.8 Å². The van der Waals surface area contributed by atoms with E-state index >= 15 is 0 Å². The highest BCUT2D eigenvalue weighted by Crippen LogP contribution is 2.50. The van der Waals surface area contributed by atoms with Crippen molar-refractivity contribution in [2.45, 2.75) is 43.6 Å². The van der Waals surface area contributed by atoms with Crippen LogP contribution < -0.4 is 20.9 Å². The normalized spacial score (nSPS) is 17.2. The van der Waals surface area contributed by atoms with E-state index in [2.05, 4.69) is 60.8 Å². The quantitative estimate of drug-likeness (QED) is 0.213. The number of rotatable bonds is 10. The van der Waals surface area contributed by atoms with Gasteiger partial charge in [0.05, 0.1) is 56.7 Å². The van der Waals surface area contributed by atoms with Crippen LogP contribution in [0.1, 0.15) is 70.6 Å². The molecule has 51 heavy (non-hydrogen) atoms. The molecule has 3 aromatic heterocycles. The molecule has 1 atom stereocenters. The number of hydrogen-bond acceptors (Lipinski definition) is 10. The first-order valence-electron chi connectivity index (χ1n) is 17.1. The highest BCUT2D eigenvalue weighted by molar-refractivity contribution is 6.39. The van der Waals surface area contributed by atoms with Crippen molar-refractivity contribution in [2.75, 3.05) is 56.8 Å². The van der Waals surface area contributed by atoms with E-state index in [-0.39, 0.29) is 47.0 Å². The van der Waals surface area contributed by atoms with Gasteiger partial charge in [-0.05, 0) is 42.8 Å². The van der Waals surface area contributed by atoms with Gasteiger partial charge in [0.2, 0.25) is 5.91 Å². The Morgan fingerprint density at radius 3 is 2.45 bits per heavy atom. The summed E-state index contributed by atoms with van der Waals surface area (Å²) in [5, 5.41) is 20.7. The van der Waals surface area contributed by atoms with Gasteiger partial charge in [-0.15, -0.1) is 10.2 Å². The summed E-state index contributed by atoms with van der Waals surface area (Å²) in [4.78, 5) is 48.0. The molecule has 3 N–H and O–H groups in total. The number of benzene rings is 1. The molecule has 3 amide bonds. The van der Waals surface area contributed by atoms with Crippen LogP contribution in [0.2, 0.25) is 0 Å². The van der Waals surface area contributed by atoms with Crippen LogP contribution in [0.25, 0.3) is 11.1 Å². The van der Waals surface area contributed by atoms with Crippen LogP contribution >= 0.6 is 0 Å². The van der Waals surface area contributed by atoms with E-state index in [1.165, 1.54) is 11.9 Å². The van der Waals surface area contributed by atoms with Gasteiger partial charge in [-0.3, -0.25) is 19.1 Å². The first-order valence-corrected chi connectivity index (χ1v) is 17.1. The number of likely N-dealkylation sites (tertiary alicyclic amines) is 1. The second kappa shape index (κ2) is 13.1. The standard InChI is InChI=1S/C35H39B2N11O3/c1-6-26-31-22(16-39-48(31)20-17-47(18-20)35(36,37)27-12-8-11-24(41-27)34(51)45(3)4)21-9-7-10-23(30(21)46(26)5)40-25-15-28(42-32(49)19-13-14-19)43-44-29(25)33(50)38-2/h7-12,15-16,19-20,26H,6,13-14,17-18H2,1-5H3,(H,38,50)(H2,40,42,43,49). The summed E-state index contributed by atoms with van der Waals surface area (Å²) in [6.45, 7) is 3.22. The smallest absolute Gasteiger partial charge is 0.273 e. The molecule has 3 aliphatic rings. The van der Waals surface area contributed by atoms with Crippen LogP contribution in [-0.4, -0.2) is 109 Å². The van der Waals surface area contributed by atoms with Crippen molar-refractivity contribution < 1.29 is 14.4 Å². The topological polar surface area (TPSA) is 154 Å². The van der Waals surface area contributed by atoms with Crippen molar-refractivity contribution in [1.82, 2.24) is 40.1 Å². The van der Waals surface area contributed by atoms with Crippen LogP contribution in [0.5, 0.6) is 0 Å². The van der Waals surface area contributed by atoms with Crippen molar-refractivity contribution in [3.05, 3.63) is 71.4 Å². The summed E-state index contributed by atoms with van der Waals surface area (Å²) in [6, 6.07) is 12.7. The SMILES string of the molecule is [B]C([B])(c1cccc(C(=O)N(C)C)n1)N1CC(n2ncc3c2C(CC)N(C)c2c(Nc4cc(NC(=O)C5CC5)nnc4C(=O)NC)cccc2-3)C1. The van der Waals surface area contributed by atoms with Gasteiger partial charge in [0, 0.05) is 70.1 Å². The van der Waals surface area contributed by atoms with E-state index in [1.807, 2.05) is 23.2 Å². The van der Waals surface area contributed by atoms with Crippen molar-refractivity contribution in [2.24, 2.45) is 5.92 Å². The van der Waals surface area contributed by atoms with Crippen molar-refractivity contribution in [3.63, 3.8) is 0 Å². The van der Waals surface area contributed by atoms with E-state index in [1.54, 1.807) is 38.4 Å². The summed E-state index contributed by atoms with van der Waals surface area (Å²) in [7, 11) is 20.3. The van der Waals surface area contributed by atoms with Crippen molar-refractivity contribution in [1.29, 1.82) is 0 Å². The summed E-state index contributed by atoms with van der Waals surface area (Å²) < 4.78 is 2.08. The average Bonchev–Trinajstić information content (AvgIpc) is 3.87. The number of carbonyl (C=O) groups is 3. The van der Waals surface area contributed by atoms with Gasteiger partial charge in [0.1, 0.15) is 5.69 Å². The van der Waals surface area contributed by atoms with Crippen LogP contribution in [0.15, 0.2) is 48.7 Å². The highest BCUT2D eigenvalue weighted by atomic mass is 16.2. The summed E-state index contributed by atoms with van der Waals surface area (Å²) in [5.74, 6) is -0.470. The number of amides is 3. The average molecular weight is 683 g/mol. The van der Waals surface area contributed by atoms with Gasteiger partial charge >= 0.3 is 0 Å². The van der Waals surface area contributed by atoms with Gasteiger partial charge in [0.15, 0.2) is 11.5 Å². The summed E-state index contributed by atoms with van der Waals surface area (Å²) >= 11 is 0. The minimum Gasteiger partial charge on any atom is -0.364 e. The molecule has 4 aromatic rings. The Morgan fingerprint density at radius 2 is 1.76 bits per heavy atom. The summed E-state index contributed by atoms with van der Waals surface area (Å²) in [6.07, 6.45) is 4.41. The Hall–Kier alpha value is -5.24. The van der Waals surface area contributed by atoms with E-state index in [0.29, 0.717) is 24.5 Å². The Kier molecular flexibility index (Phi) is 8.82. The van der Waals surface area contributed by atoms with Gasteiger partial charge in [-0.2, -0.15) is 5.10 Å². The molecule has 7 rings (SSSR count). The minimum atomic E-state index is -1.38. The van der Waals surface area contributed by atoms with Crippen LogP contribution in [-0.2, 0) is 10.1 Å². The lowest BCUT2D eigenvalue weighted by atomic mass is 9.57. The van der Waals surface area contributed by atoms with Gasteiger partial charge in [-0.1, -0.05) is 25.1 Å². The molecular weight excluding hydrogens is 644 g/mol. The number of para-hydroxylation sites is 1. The Labute approximate surface area is 299 Å². The zero-order chi connectivity index (χ0) is 36.2. The fraction of sp³-hybridized carbons (Fsp3) is 0.400. The molecule has 0 bridgehead atoms. The Balaban J connectivity index is 1.17. The molecule has 1 aliphatic carbocycles. The van der Waals surface area contributed by atoms with Gasteiger partial charge in [-0.25, -0.2) is 4.98 Å². The second-order valence-corrected chi connectivity index (χ2v) is 13.6. The third kappa shape index (κ3) is 6.11. The molecule has 1 saturated heterocycles. The van der Waals surface area contributed by atoms with Gasteiger partial charge < -0.3 is 30.7 Å². The lowest BCUT2D eigenvalue weighted by molar-refractivity contribution is -0.117. The zero-order valence-electron chi connectivity index (χ0n) is 29.3. The molecule has 258 valence electrons. The first kappa shape index (κ1) is 34.2. The predicted octanol–water partition coefficient (Wildman–Crippen LogP) is 2.79. The third-order valence-electron chi connectivity index (χ3n) is 9.90. The molecular formula is C35H39B2N11O3. The number of pyridine rings is 1. The Morgan fingerprint density at radius 1 is 1.02 bits per heavy atom. The van der Waals surface area contributed by atoms with E-state index in [0.717, 1.165) is 47.5 Å². The van der Waals surface area contributed by atoms with Crippen LogP contribution in [0.3, 0.4) is 0 Å². The maximum Gasteiger partial charge on any atom is 0.273 e. The number of carbonyl (C=O) groups excluding carboxylic acids is 3. The lowest BCUT2D eigenvalue weighted by Crippen LogP contribution is -2.60. The second-order valence-electron chi connectivity index (χ2n) is 13.6. The van der Waals surface area contributed by atoms with E-state index < -0.39 is 11.2 Å². The molecule has 16 heteroatoms. The first-order chi connectivity index (χ1) is 24.4. The molecule has 1 unspecified atom stereocenters. The van der Waals surface area contributed by atoms with E-state index in [4.69, 9.17) is 20.8 Å². The number of anilines is 4. The van der Waals surface area contributed by atoms with Crippen LogP contribution in [0, 0.1) is 5.92 Å². The maximum absolute atomic E-state index is 12.8. The molecule has 2 aliphatic heterocycles. The molecule has 0 spiro atoms. The number of fused-ring (bicyclic) bond motifs is 3. The molecule has 2 fully saturated rings. The largest absolute Gasteiger partial charge is 0.364 e. The highest BCUT2D eigenvalue weighted by Gasteiger charge is 2.43. The fourth-order valence-corrected chi connectivity index (χ4v) is 6.88. The third-order valence-corrected chi connectivity index (χ3v) is 9.90. The zero-order valence-corrected chi connectivity index (χ0v) is 29.3. The maximum atomic E-state index is 12.8. The molecule has 14 nitrogen and oxygen atoms in total. The number of nitrogens with one attached hydrogen (secondary N) is 3. The predicted molar refractivity (Wildman–Crippen MR) is 195 cm³/mol. The number of hydrogen-bond donors (Lipinski definition) is 3. The van der Waals surface area contributed by atoms with E-state index in [9.17, 15) is 14.4 Å². The monoisotopic (exact) mass is 683 g/mol. The molecule has 4 radical (unpaired) electrons. The molecule has 5 heterocycles. The molecule has 1 aromatic carbocycles. The van der Waals surface area contributed by atoms with Crippen LogP contribution in [0.4, 0.5) is 22.9 Å². The lowest BCUT2D eigenvalue weighted by Gasteiger charge is -2.50. The number of nitrogens with zero attached hydrogens (tertiary/aromatic N) is 8. The van der Waals surface area contributed by atoms with Crippen molar-refractivity contribution >= 4 is 56.3 Å².